The number of alkyl halides is 1. The molecule has 15 atom stereocenters. The van der Waals surface area contributed by atoms with Gasteiger partial charge in [0.15, 0.2) is 25.0 Å². The van der Waals surface area contributed by atoms with Crippen LogP contribution in [0.15, 0.2) is 0 Å². The van der Waals surface area contributed by atoms with Gasteiger partial charge in [-0.1, -0.05) is 0 Å². The van der Waals surface area contributed by atoms with Crippen LogP contribution in [-0.4, -0.2) is 163 Å². The number of aliphatic hydroxyl groups is 10. The second kappa shape index (κ2) is 11.6. The van der Waals surface area contributed by atoms with Crippen molar-refractivity contribution in [3.8, 4) is 0 Å². The van der Waals surface area contributed by atoms with Crippen LogP contribution in [0.4, 0.5) is 4.39 Å². The van der Waals surface area contributed by atoms with E-state index in [0.29, 0.717) is 0 Å². The summed E-state index contributed by atoms with van der Waals surface area (Å²) in [5.41, 5.74) is 0. The van der Waals surface area contributed by atoms with Gasteiger partial charge in [0.2, 0.25) is 0 Å². The molecular formula is C18H31FO15. The summed E-state index contributed by atoms with van der Waals surface area (Å²) in [7, 11) is 0. The minimum Gasteiger partial charge on any atom is -0.394 e. The molecule has 16 heteroatoms. The Kier molecular flexibility index (Phi) is 9.51. The van der Waals surface area contributed by atoms with Crippen molar-refractivity contribution in [3.63, 3.8) is 0 Å². The Morgan fingerprint density at radius 3 is 1.59 bits per heavy atom. The van der Waals surface area contributed by atoms with Crippen LogP contribution in [0.3, 0.4) is 0 Å². The van der Waals surface area contributed by atoms with Crippen LogP contribution in [0.1, 0.15) is 0 Å². The van der Waals surface area contributed by atoms with Gasteiger partial charge in [0.05, 0.1) is 19.8 Å². The molecule has 0 radical (unpaired) electrons. The van der Waals surface area contributed by atoms with Gasteiger partial charge >= 0.3 is 0 Å². The molecule has 3 saturated heterocycles. The van der Waals surface area contributed by atoms with E-state index >= 15 is 0 Å². The summed E-state index contributed by atoms with van der Waals surface area (Å²) in [6.45, 7) is -1.99. The molecule has 15 nitrogen and oxygen atoms in total. The van der Waals surface area contributed by atoms with E-state index in [4.69, 9.17) is 23.7 Å². The fourth-order valence-corrected chi connectivity index (χ4v) is 3.82. The molecule has 3 heterocycles. The predicted molar refractivity (Wildman–Crippen MR) is 100 cm³/mol. The van der Waals surface area contributed by atoms with Gasteiger partial charge in [-0.15, -0.1) is 0 Å². The summed E-state index contributed by atoms with van der Waals surface area (Å²) < 4.78 is 40.3. The fraction of sp³-hybridized carbons (Fsp3) is 1.00. The van der Waals surface area contributed by atoms with Crippen molar-refractivity contribution < 1.29 is 79.1 Å². The smallest absolute Gasteiger partial charge is 0.187 e. The molecule has 0 amide bonds. The van der Waals surface area contributed by atoms with Gasteiger partial charge in [0.1, 0.15) is 67.1 Å². The van der Waals surface area contributed by atoms with Crippen molar-refractivity contribution in [2.75, 3.05) is 19.8 Å². The lowest BCUT2D eigenvalue weighted by Gasteiger charge is -2.43. The number of rotatable bonds is 7. The van der Waals surface area contributed by atoms with E-state index in [9.17, 15) is 55.5 Å². The van der Waals surface area contributed by atoms with Gasteiger partial charge < -0.3 is 74.7 Å². The molecule has 34 heavy (non-hydrogen) atoms. The molecule has 0 unspecified atom stereocenters. The van der Waals surface area contributed by atoms with Gasteiger partial charge in [-0.25, -0.2) is 4.39 Å². The Labute approximate surface area is 192 Å². The first-order valence-corrected chi connectivity index (χ1v) is 10.5. The SMILES string of the molecule is OC[C@H]1O[C@@H](OC[C@H]2O[C@@H](OC[C@H]3O[C@@H](O)[C@H](O)[C@@H](O)[C@H]3O)[C@H](O)[C@@H](F)[C@H]2O)[C@H](O)[C@@H](O)[C@H]1O. The van der Waals surface area contributed by atoms with Gasteiger partial charge in [-0.2, -0.15) is 0 Å². The third kappa shape index (κ3) is 5.66. The normalized spacial score (nSPS) is 52.5. The van der Waals surface area contributed by atoms with Crippen LogP contribution >= 0.6 is 0 Å². The van der Waals surface area contributed by atoms with E-state index in [2.05, 4.69) is 0 Å². The van der Waals surface area contributed by atoms with Gasteiger partial charge in [-0.3, -0.25) is 0 Å². The molecule has 200 valence electrons. The topological polar surface area (TPSA) is 248 Å². The summed E-state index contributed by atoms with van der Waals surface area (Å²) in [6, 6.07) is 0. The number of hydrogen-bond donors (Lipinski definition) is 10. The number of hydrogen-bond acceptors (Lipinski definition) is 15. The van der Waals surface area contributed by atoms with Gasteiger partial charge in [0, 0.05) is 0 Å². The first kappa shape index (κ1) is 27.9. The fourth-order valence-electron chi connectivity index (χ4n) is 3.82. The maximum absolute atomic E-state index is 14.5. The lowest BCUT2D eigenvalue weighted by Crippen LogP contribution is -2.62. The zero-order chi connectivity index (χ0) is 25.3. The minimum absolute atomic E-state index is 0.632. The van der Waals surface area contributed by atoms with E-state index < -0.39 is 112 Å². The number of ether oxygens (including phenoxy) is 5. The molecule has 3 fully saturated rings. The molecule has 0 aliphatic carbocycles. The van der Waals surface area contributed by atoms with Crippen LogP contribution in [0, 0.1) is 0 Å². The summed E-state index contributed by atoms with van der Waals surface area (Å²) >= 11 is 0. The maximum Gasteiger partial charge on any atom is 0.187 e. The third-order valence-electron chi connectivity index (χ3n) is 6.01. The van der Waals surface area contributed by atoms with Gasteiger partial charge in [0.25, 0.3) is 0 Å². The molecule has 3 aliphatic rings. The second-order valence-corrected chi connectivity index (χ2v) is 8.37. The van der Waals surface area contributed by atoms with Crippen LogP contribution in [-0.2, 0) is 23.7 Å². The van der Waals surface area contributed by atoms with E-state index in [1.807, 2.05) is 0 Å². The lowest BCUT2D eigenvalue weighted by molar-refractivity contribution is -0.336. The van der Waals surface area contributed by atoms with Crippen molar-refractivity contribution >= 4 is 0 Å². The average molecular weight is 506 g/mol. The highest BCUT2D eigenvalue weighted by Crippen LogP contribution is 2.28. The molecule has 0 bridgehead atoms. The molecule has 10 N–H and O–H groups in total. The highest BCUT2D eigenvalue weighted by atomic mass is 19.1. The lowest BCUT2D eigenvalue weighted by atomic mass is 9.98. The first-order chi connectivity index (χ1) is 16.0. The monoisotopic (exact) mass is 506 g/mol. The highest BCUT2D eigenvalue weighted by molar-refractivity contribution is 4.93. The highest BCUT2D eigenvalue weighted by Gasteiger charge is 2.49. The number of aliphatic hydroxyl groups excluding tert-OH is 10. The largest absolute Gasteiger partial charge is 0.394 e. The first-order valence-electron chi connectivity index (χ1n) is 10.5. The predicted octanol–water partition coefficient (Wildman–Crippen LogP) is -6.60. The van der Waals surface area contributed by atoms with Crippen molar-refractivity contribution in [2.45, 2.75) is 92.2 Å². The second-order valence-electron chi connectivity index (χ2n) is 8.37. The van der Waals surface area contributed by atoms with Gasteiger partial charge in [-0.05, 0) is 0 Å². The molecule has 0 saturated carbocycles. The summed E-state index contributed by atoms with van der Waals surface area (Å²) in [6.07, 6.45) is -25.9. The van der Waals surface area contributed by atoms with Crippen LogP contribution in [0.5, 0.6) is 0 Å². The van der Waals surface area contributed by atoms with Crippen molar-refractivity contribution in [1.29, 1.82) is 0 Å². The maximum atomic E-state index is 14.5. The van der Waals surface area contributed by atoms with Crippen LogP contribution < -0.4 is 0 Å². The Bertz CT molecular complexity index is 644. The van der Waals surface area contributed by atoms with E-state index in [1.54, 1.807) is 0 Å². The molecule has 0 aromatic rings. The molecular weight excluding hydrogens is 475 g/mol. The van der Waals surface area contributed by atoms with E-state index in [1.165, 1.54) is 0 Å². The summed E-state index contributed by atoms with van der Waals surface area (Å²) in [5, 5.41) is 97.6. The van der Waals surface area contributed by atoms with E-state index in [-0.39, 0.29) is 0 Å². The molecule has 0 aromatic carbocycles. The third-order valence-corrected chi connectivity index (χ3v) is 6.01. The Balaban J connectivity index is 1.58. The van der Waals surface area contributed by atoms with Crippen LogP contribution in [0.2, 0.25) is 0 Å². The zero-order valence-electron chi connectivity index (χ0n) is 17.7. The molecule has 0 spiro atoms. The molecule has 3 rings (SSSR count). The van der Waals surface area contributed by atoms with Crippen molar-refractivity contribution in [3.05, 3.63) is 0 Å². The minimum atomic E-state index is -2.29. The zero-order valence-corrected chi connectivity index (χ0v) is 17.7. The average Bonchev–Trinajstić information content (AvgIpc) is 2.82. The Morgan fingerprint density at radius 2 is 1.00 bits per heavy atom. The Hall–Kier alpha value is -0.670. The Morgan fingerprint density at radius 1 is 0.529 bits per heavy atom. The van der Waals surface area contributed by atoms with Crippen molar-refractivity contribution in [2.24, 2.45) is 0 Å². The molecule has 3 aliphatic heterocycles. The quantitative estimate of drug-likeness (QED) is 0.154. The summed E-state index contributed by atoms with van der Waals surface area (Å²) in [4.78, 5) is 0. The summed E-state index contributed by atoms with van der Waals surface area (Å²) in [5.74, 6) is 0. The number of halogens is 1. The van der Waals surface area contributed by atoms with Crippen molar-refractivity contribution in [1.82, 2.24) is 0 Å². The molecule has 0 aromatic heterocycles. The standard InChI is InChI=1S/C18H31FO15/c19-7-8(21)5(2-31-18-15(28)13(26)9(22)4(1-20)33-18)34-17(11(7)24)30-3-6-10(23)12(25)14(27)16(29)32-6/h4-18,20-29H,1-3H2/t4-,5-,6-,7+,8+,9+,10+,11-,12+,13+,14-,15-,16-,17-,18-/m1/s1. The van der Waals surface area contributed by atoms with E-state index in [0.717, 1.165) is 0 Å². The van der Waals surface area contributed by atoms with Crippen LogP contribution in [0.25, 0.3) is 0 Å².